The van der Waals surface area contributed by atoms with E-state index in [9.17, 15) is 10.1 Å². The van der Waals surface area contributed by atoms with E-state index in [1.165, 1.54) is 17.3 Å². The molecule has 1 aliphatic rings. The summed E-state index contributed by atoms with van der Waals surface area (Å²) >= 11 is 7.85. The third-order valence-corrected chi connectivity index (χ3v) is 4.52. The predicted molar refractivity (Wildman–Crippen MR) is 81.8 cm³/mol. The van der Waals surface area contributed by atoms with Gasteiger partial charge in [-0.3, -0.25) is 10.1 Å². The van der Waals surface area contributed by atoms with E-state index in [2.05, 4.69) is 15.3 Å². The number of nitrogens with one attached hydrogen (secondary N) is 1. The van der Waals surface area contributed by atoms with Crippen LogP contribution in [0.1, 0.15) is 18.0 Å². The average molecular weight is 323 g/mol. The van der Waals surface area contributed by atoms with Crippen molar-refractivity contribution < 1.29 is 4.92 Å². The first-order valence-corrected chi connectivity index (χ1v) is 7.65. The number of nitrogens with zero attached hydrogens (tertiary/aromatic N) is 3. The van der Waals surface area contributed by atoms with E-state index in [-0.39, 0.29) is 11.7 Å². The second kappa shape index (κ2) is 5.87. The van der Waals surface area contributed by atoms with Crippen molar-refractivity contribution in [3.05, 3.63) is 51.3 Å². The van der Waals surface area contributed by atoms with Crippen molar-refractivity contribution in [2.24, 2.45) is 0 Å². The minimum atomic E-state index is -0.518. The van der Waals surface area contributed by atoms with Crippen molar-refractivity contribution in [2.45, 2.75) is 17.4 Å². The van der Waals surface area contributed by atoms with Gasteiger partial charge in [0.1, 0.15) is 12.4 Å². The van der Waals surface area contributed by atoms with Crippen LogP contribution in [0.5, 0.6) is 0 Å². The number of hydrogen-bond acceptors (Lipinski definition) is 6. The zero-order valence-corrected chi connectivity index (χ0v) is 12.4. The Morgan fingerprint density at radius 2 is 2.14 bits per heavy atom. The van der Waals surface area contributed by atoms with Crippen LogP contribution in [-0.2, 0) is 0 Å². The lowest BCUT2D eigenvalue weighted by Crippen LogP contribution is -2.17. The summed E-state index contributed by atoms with van der Waals surface area (Å²) in [6.07, 6.45) is 3.32. The molecule has 1 aromatic heterocycles. The smallest absolute Gasteiger partial charge is 0.305 e. The normalized spacial score (nSPS) is 17.1. The monoisotopic (exact) mass is 322 g/mol. The van der Waals surface area contributed by atoms with Gasteiger partial charge in [0, 0.05) is 15.7 Å². The van der Waals surface area contributed by atoms with Gasteiger partial charge in [0.2, 0.25) is 5.95 Å². The van der Waals surface area contributed by atoms with Crippen LogP contribution in [-0.4, -0.2) is 20.6 Å². The Morgan fingerprint density at radius 3 is 2.86 bits per heavy atom. The first-order valence-electron chi connectivity index (χ1n) is 6.29. The third-order valence-electron chi connectivity index (χ3n) is 3.16. The summed E-state index contributed by atoms with van der Waals surface area (Å²) in [5, 5.41) is 14.5. The van der Waals surface area contributed by atoms with Crippen LogP contribution < -0.4 is 5.32 Å². The minimum Gasteiger partial charge on any atom is -0.347 e. The van der Waals surface area contributed by atoms with E-state index in [0.29, 0.717) is 11.0 Å². The van der Waals surface area contributed by atoms with Gasteiger partial charge in [-0.1, -0.05) is 11.6 Å². The second-order valence-electron chi connectivity index (χ2n) is 4.54. The van der Waals surface area contributed by atoms with Crippen LogP contribution >= 0.6 is 23.4 Å². The van der Waals surface area contributed by atoms with Crippen LogP contribution in [0.25, 0.3) is 0 Å². The Balaban J connectivity index is 1.83. The molecule has 1 unspecified atom stereocenters. The van der Waals surface area contributed by atoms with Crippen LogP contribution in [0.3, 0.4) is 0 Å². The number of benzene rings is 1. The summed E-state index contributed by atoms with van der Waals surface area (Å²) in [6.45, 7) is 0. The van der Waals surface area contributed by atoms with Gasteiger partial charge < -0.3 is 5.32 Å². The lowest BCUT2D eigenvalue weighted by atomic mass is 10.0. The highest BCUT2D eigenvalue weighted by molar-refractivity contribution is 7.99. The summed E-state index contributed by atoms with van der Waals surface area (Å²) in [5.41, 5.74) is 0.990. The highest BCUT2D eigenvalue weighted by Crippen LogP contribution is 2.38. The summed E-state index contributed by atoms with van der Waals surface area (Å²) in [5.74, 6) is 1.36. The topological polar surface area (TPSA) is 81.0 Å². The SMILES string of the molecule is O=[N+]([O-])c1cnc(NC2CCSc3ccc(Cl)cc32)nc1. The second-order valence-corrected chi connectivity index (χ2v) is 6.11. The fraction of sp³-hybridized carbons (Fsp3) is 0.231. The molecular weight excluding hydrogens is 312 g/mol. The molecule has 1 atom stereocenters. The summed E-state index contributed by atoms with van der Waals surface area (Å²) in [4.78, 5) is 19.2. The molecule has 0 spiro atoms. The number of aromatic nitrogens is 2. The lowest BCUT2D eigenvalue weighted by molar-refractivity contribution is -0.385. The summed E-state index contributed by atoms with van der Waals surface area (Å²) in [7, 11) is 0. The van der Waals surface area contributed by atoms with Crippen molar-refractivity contribution in [3.63, 3.8) is 0 Å². The largest absolute Gasteiger partial charge is 0.347 e. The van der Waals surface area contributed by atoms with Crippen molar-refractivity contribution in [1.82, 2.24) is 9.97 Å². The Labute approximate surface area is 130 Å². The lowest BCUT2D eigenvalue weighted by Gasteiger charge is -2.26. The van der Waals surface area contributed by atoms with Gasteiger partial charge in [-0.2, -0.15) is 0 Å². The molecule has 0 fully saturated rings. The molecule has 108 valence electrons. The zero-order valence-electron chi connectivity index (χ0n) is 10.8. The Bertz CT molecular complexity index is 680. The molecule has 1 aromatic carbocycles. The molecule has 0 radical (unpaired) electrons. The van der Waals surface area contributed by atoms with Gasteiger partial charge in [0.25, 0.3) is 0 Å². The fourth-order valence-corrected chi connectivity index (χ4v) is 3.45. The van der Waals surface area contributed by atoms with E-state index < -0.39 is 4.92 Å². The van der Waals surface area contributed by atoms with E-state index in [0.717, 1.165) is 17.7 Å². The van der Waals surface area contributed by atoms with E-state index in [1.807, 2.05) is 18.2 Å². The molecule has 21 heavy (non-hydrogen) atoms. The Morgan fingerprint density at radius 1 is 1.38 bits per heavy atom. The number of fused-ring (bicyclic) bond motifs is 1. The molecule has 1 aliphatic heterocycles. The van der Waals surface area contributed by atoms with Crippen molar-refractivity contribution in [2.75, 3.05) is 11.1 Å². The number of nitro groups is 1. The molecule has 6 nitrogen and oxygen atoms in total. The van der Waals surface area contributed by atoms with Crippen LogP contribution in [0.2, 0.25) is 5.02 Å². The van der Waals surface area contributed by atoms with Gasteiger partial charge >= 0.3 is 5.69 Å². The maximum absolute atomic E-state index is 10.6. The number of anilines is 1. The molecule has 1 N–H and O–H groups in total. The van der Waals surface area contributed by atoms with Gasteiger partial charge in [-0.05, 0) is 30.2 Å². The molecule has 0 saturated heterocycles. The summed E-state index contributed by atoms with van der Waals surface area (Å²) < 4.78 is 0. The number of halogens is 1. The molecule has 2 heterocycles. The molecule has 0 bridgehead atoms. The van der Waals surface area contributed by atoms with Crippen molar-refractivity contribution in [1.29, 1.82) is 0 Å². The molecule has 8 heteroatoms. The highest BCUT2D eigenvalue weighted by Gasteiger charge is 2.22. The van der Waals surface area contributed by atoms with E-state index in [1.54, 1.807) is 11.8 Å². The molecular formula is C13H11ClN4O2S. The Hall–Kier alpha value is -1.86. The Kier molecular flexibility index (Phi) is 3.94. The molecule has 3 rings (SSSR count). The fourth-order valence-electron chi connectivity index (χ4n) is 2.16. The highest BCUT2D eigenvalue weighted by atomic mass is 35.5. The number of hydrogen-bond donors (Lipinski definition) is 1. The van der Waals surface area contributed by atoms with Crippen LogP contribution in [0.4, 0.5) is 11.6 Å². The van der Waals surface area contributed by atoms with Crippen LogP contribution in [0.15, 0.2) is 35.5 Å². The van der Waals surface area contributed by atoms with Crippen molar-refractivity contribution in [3.8, 4) is 0 Å². The van der Waals surface area contributed by atoms with Gasteiger partial charge in [-0.15, -0.1) is 11.8 Å². The van der Waals surface area contributed by atoms with Crippen LogP contribution in [0, 0.1) is 10.1 Å². The maximum Gasteiger partial charge on any atom is 0.305 e. The predicted octanol–water partition coefficient (Wildman–Crippen LogP) is 3.69. The standard InChI is InChI=1S/C13H11ClN4O2S/c14-8-1-2-12-10(5-8)11(3-4-21-12)17-13-15-6-9(7-16-13)18(19)20/h1-2,5-7,11H,3-4H2,(H,15,16,17). The molecule has 2 aromatic rings. The molecule has 0 saturated carbocycles. The number of rotatable bonds is 3. The van der Waals surface area contributed by atoms with Gasteiger partial charge in [0.05, 0.1) is 11.0 Å². The van der Waals surface area contributed by atoms with E-state index in [4.69, 9.17) is 11.6 Å². The molecule has 0 amide bonds. The average Bonchev–Trinajstić information content (AvgIpc) is 2.48. The van der Waals surface area contributed by atoms with Gasteiger partial charge in [0.15, 0.2) is 0 Å². The first-order chi connectivity index (χ1) is 10.1. The quantitative estimate of drug-likeness (QED) is 0.685. The zero-order chi connectivity index (χ0) is 14.8. The van der Waals surface area contributed by atoms with Gasteiger partial charge in [-0.25, -0.2) is 9.97 Å². The number of thioether (sulfide) groups is 1. The van der Waals surface area contributed by atoms with E-state index >= 15 is 0 Å². The third kappa shape index (κ3) is 3.08. The minimum absolute atomic E-state index is 0.0569. The maximum atomic E-state index is 10.6. The summed E-state index contributed by atoms with van der Waals surface area (Å²) in [6, 6.07) is 5.87. The van der Waals surface area contributed by atoms with Crippen molar-refractivity contribution >= 4 is 35.0 Å². The molecule has 0 aliphatic carbocycles. The first kappa shape index (κ1) is 14.1.